The van der Waals surface area contributed by atoms with Crippen molar-refractivity contribution in [3.05, 3.63) is 11.4 Å². The molecule has 0 spiro atoms. The predicted octanol–water partition coefficient (Wildman–Crippen LogP) is -0.448. The first-order chi connectivity index (χ1) is 8.06. The molecule has 7 heteroatoms. The average Bonchev–Trinajstić information content (AvgIpc) is 2.61. The quantitative estimate of drug-likeness (QED) is 0.537. The standard InChI is InChI=1S/C10H16N4O3/c1-7-10(8(2)15)12-13-14(7)6-9(16)11-4-5-17-3/h4-6H2,1-3H3,(H,11,16). The fourth-order valence-electron chi connectivity index (χ4n) is 1.32. The number of ether oxygens (including phenoxy) is 1. The lowest BCUT2D eigenvalue weighted by molar-refractivity contribution is -0.122. The molecule has 0 bridgehead atoms. The first-order valence-corrected chi connectivity index (χ1v) is 5.23. The fraction of sp³-hybridized carbons (Fsp3) is 0.600. The summed E-state index contributed by atoms with van der Waals surface area (Å²) >= 11 is 0. The summed E-state index contributed by atoms with van der Waals surface area (Å²) < 4.78 is 6.21. The summed E-state index contributed by atoms with van der Waals surface area (Å²) in [5.41, 5.74) is 0.897. The van der Waals surface area contributed by atoms with E-state index in [9.17, 15) is 9.59 Å². The van der Waals surface area contributed by atoms with E-state index < -0.39 is 0 Å². The highest BCUT2D eigenvalue weighted by Gasteiger charge is 2.14. The van der Waals surface area contributed by atoms with Crippen LogP contribution < -0.4 is 5.32 Å². The van der Waals surface area contributed by atoms with Crippen molar-refractivity contribution in [2.45, 2.75) is 20.4 Å². The molecule has 1 N–H and O–H groups in total. The molecule has 0 aliphatic carbocycles. The molecule has 0 unspecified atom stereocenters. The third-order valence-corrected chi connectivity index (χ3v) is 2.24. The van der Waals surface area contributed by atoms with Gasteiger partial charge in [-0.15, -0.1) is 5.10 Å². The molecule has 7 nitrogen and oxygen atoms in total. The normalized spacial score (nSPS) is 10.3. The van der Waals surface area contributed by atoms with Crippen LogP contribution in [0, 0.1) is 6.92 Å². The highest BCUT2D eigenvalue weighted by atomic mass is 16.5. The molecule has 17 heavy (non-hydrogen) atoms. The molecule has 0 atom stereocenters. The molecular weight excluding hydrogens is 224 g/mol. The second-order valence-corrected chi connectivity index (χ2v) is 3.58. The van der Waals surface area contributed by atoms with Gasteiger partial charge in [-0.05, 0) is 6.92 Å². The van der Waals surface area contributed by atoms with E-state index in [1.165, 1.54) is 11.6 Å². The van der Waals surface area contributed by atoms with E-state index in [0.717, 1.165) is 0 Å². The molecule has 0 saturated heterocycles. The molecule has 1 aromatic heterocycles. The van der Waals surface area contributed by atoms with Crippen LogP contribution >= 0.6 is 0 Å². The van der Waals surface area contributed by atoms with Crippen LogP contribution in [0.15, 0.2) is 0 Å². The van der Waals surface area contributed by atoms with E-state index in [-0.39, 0.29) is 18.2 Å². The van der Waals surface area contributed by atoms with Crippen molar-refractivity contribution in [1.82, 2.24) is 20.3 Å². The molecule has 0 saturated carbocycles. The molecule has 1 rings (SSSR count). The van der Waals surface area contributed by atoms with Gasteiger partial charge in [0.25, 0.3) is 0 Å². The Kier molecular flexibility index (Phi) is 4.77. The van der Waals surface area contributed by atoms with Crippen LogP contribution in [0.1, 0.15) is 23.1 Å². The number of nitrogens with zero attached hydrogens (tertiary/aromatic N) is 3. The minimum atomic E-state index is -0.190. The van der Waals surface area contributed by atoms with Crippen LogP contribution in [-0.2, 0) is 16.1 Å². The van der Waals surface area contributed by atoms with Crippen molar-refractivity contribution < 1.29 is 14.3 Å². The van der Waals surface area contributed by atoms with Crippen LogP contribution in [0.4, 0.5) is 0 Å². The number of hydrogen-bond acceptors (Lipinski definition) is 5. The summed E-state index contributed by atoms with van der Waals surface area (Å²) in [5.74, 6) is -0.348. The van der Waals surface area contributed by atoms with Crippen LogP contribution in [0.25, 0.3) is 0 Å². The summed E-state index contributed by atoms with van der Waals surface area (Å²) in [4.78, 5) is 22.6. The number of hydrogen-bond donors (Lipinski definition) is 1. The SMILES string of the molecule is COCCNC(=O)Cn1nnc(C(C)=O)c1C. The first-order valence-electron chi connectivity index (χ1n) is 5.23. The number of carbonyl (C=O) groups excluding carboxylic acids is 2. The van der Waals surface area contributed by atoms with Gasteiger partial charge in [0.05, 0.1) is 12.3 Å². The number of amides is 1. The number of Topliss-reactive ketones (excluding diaryl/α,β-unsaturated/α-hetero) is 1. The van der Waals surface area contributed by atoms with Crippen LogP contribution in [0.5, 0.6) is 0 Å². The van der Waals surface area contributed by atoms with Crippen molar-refractivity contribution in [2.75, 3.05) is 20.3 Å². The van der Waals surface area contributed by atoms with Crippen LogP contribution in [0.2, 0.25) is 0 Å². The zero-order valence-electron chi connectivity index (χ0n) is 10.2. The molecule has 0 radical (unpaired) electrons. The number of methoxy groups -OCH3 is 1. The van der Waals surface area contributed by atoms with Crippen molar-refractivity contribution in [1.29, 1.82) is 0 Å². The Balaban J connectivity index is 2.57. The smallest absolute Gasteiger partial charge is 0.241 e. The van der Waals surface area contributed by atoms with E-state index in [4.69, 9.17) is 4.74 Å². The first kappa shape index (κ1) is 13.3. The lowest BCUT2D eigenvalue weighted by Crippen LogP contribution is -2.31. The van der Waals surface area contributed by atoms with E-state index in [2.05, 4.69) is 15.6 Å². The number of nitrogens with one attached hydrogen (secondary N) is 1. The minimum absolute atomic E-state index is 0.0514. The number of ketones is 1. The van der Waals surface area contributed by atoms with Gasteiger partial charge in [0.15, 0.2) is 11.5 Å². The van der Waals surface area contributed by atoms with Gasteiger partial charge in [0.2, 0.25) is 5.91 Å². The predicted molar refractivity (Wildman–Crippen MR) is 59.6 cm³/mol. The van der Waals surface area contributed by atoms with Gasteiger partial charge in [-0.3, -0.25) is 9.59 Å². The van der Waals surface area contributed by atoms with E-state index in [0.29, 0.717) is 24.5 Å². The molecule has 0 fully saturated rings. The van der Waals surface area contributed by atoms with Crippen molar-refractivity contribution in [3.8, 4) is 0 Å². The fourth-order valence-corrected chi connectivity index (χ4v) is 1.32. The van der Waals surface area contributed by atoms with Gasteiger partial charge in [-0.1, -0.05) is 5.21 Å². The maximum atomic E-state index is 11.5. The highest BCUT2D eigenvalue weighted by molar-refractivity contribution is 5.93. The summed E-state index contributed by atoms with van der Waals surface area (Å²) in [5, 5.41) is 10.1. The Bertz CT molecular complexity index is 414. The number of aromatic nitrogens is 3. The maximum Gasteiger partial charge on any atom is 0.241 e. The van der Waals surface area contributed by atoms with Gasteiger partial charge >= 0.3 is 0 Å². The summed E-state index contributed by atoms with van der Waals surface area (Å²) in [6.45, 7) is 4.08. The molecule has 1 heterocycles. The van der Waals surface area contributed by atoms with Crippen molar-refractivity contribution in [3.63, 3.8) is 0 Å². The molecule has 0 aromatic carbocycles. The highest BCUT2D eigenvalue weighted by Crippen LogP contribution is 2.03. The van der Waals surface area contributed by atoms with Crippen molar-refractivity contribution in [2.24, 2.45) is 0 Å². The van der Waals surface area contributed by atoms with Gasteiger partial charge in [-0.2, -0.15) is 0 Å². The minimum Gasteiger partial charge on any atom is -0.383 e. The van der Waals surface area contributed by atoms with Crippen molar-refractivity contribution >= 4 is 11.7 Å². The zero-order chi connectivity index (χ0) is 12.8. The molecule has 1 aromatic rings. The second-order valence-electron chi connectivity index (χ2n) is 3.58. The van der Waals surface area contributed by atoms with Crippen LogP contribution in [-0.4, -0.2) is 46.9 Å². The lowest BCUT2D eigenvalue weighted by Gasteiger charge is -2.05. The average molecular weight is 240 g/mol. The van der Waals surface area contributed by atoms with Gasteiger partial charge < -0.3 is 10.1 Å². The van der Waals surface area contributed by atoms with Gasteiger partial charge in [-0.25, -0.2) is 4.68 Å². The molecule has 0 aliphatic rings. The summed E-state index contributed by atoms with van der Waals surface area (Å²) in [6.07, 6.45) is 0. The van der Waals surface area contributed by atoms with E-state index in [1.54, 1.807) is 14.0 Å². The molecule has 94 valence electrons. The Hall–Kier alpha value is -1.76. The Morgan fingerprint density at radius 1 is 1.47 bits per heavy atom. The van der Waals surface area contributed by atoms with E-state index >= 15 is 0 Å². The van der Waals surface area contributed by atoms with Gasteiger partial charge in [0, 0.05) is 20.6 Å². The van der Waals surface area contributed by atoms with Gasteiger partial charge in [0.1, 0.15) is 6.54 Å². The maximum absolute atomic E-state index is 11.5. The topological polar surface area (TPSA) is 86.1 Å². The molecular formula is C10H16N4O3. The number of carbonyl (C=O) groups is 2. The summed E-state index contributed by atoms with van der Waals surface area (Å²) in [7, 11) is 1.56. The number of rotatable bonds is 6. The van der Waals surface area contributed by atoms with Crippen LogP contribution in [0.3, 0.4) is 0 Å². The summed E-state index contributed by atoms with van der Waals surface area (Å²) in [6, 6.07) is 0. The zero-order valence-corrected chi connectivity index (χ0v) is 10.2. The molecule has 0 aliphatic heterocycles. The Labute approximate surface area is 99.1 Å². The van der Waals surface area contributed by atoms with E-state index in [1.807, 2.05) is 0 Å². The third-order valence-electron chi connectivity index (χ3n) is 2.24. The molecule has 1 amide bonds. The Morgan fingerprint density at radius 2 is 2.18 bits per heavy atom. The largest absolute Gasteiger partial charge is 0.383 e. The third kappa shape index (κ3) is 3.63. The Morgan fingerprint density at radius 3 is 2.71 bits per heavy atom. The lowest BCUT2D eigenvalue weighted by atomic mass is 10.2. The second kappa shape index (κ2) is 6.09. The monoisotopic (exact) mass is 240 g/mol.